The molecular formula is C9H7NO3. The molecule has 0 aromatic carbocycles. The number of hydrogen-bond donors (Lipinski definition) is 2. The Morgan fingerprint density at radius 1 is 1.54 bits per heavy atom. The molecule has 4 heteroatoms. The third-order valence-electron chi connectivity index (χ3n) is 1.26. The van der Waals surface area contributed by atoms with E-state index in [0.29, 0.717) is 5.69 Å². The fourth-order valence-corrected chi connectivity index (χ4v) is 0.754. The van der Waals surface area contributed by atoms with Gasteiger partial charge in [-0.05, 0) is 18.1 Å². The molecule has 0 radical (unpaired) electrons. The Labute approximate surface area is 74.9 Å². The van der Waals surface area contributed by atoms with Gasteiger partial charge in [0.05, 0.1) is 0 Å². The van der Waals surface area contributed by atoms with Crippen LogP contribution in [-0.2, 0) is 0 Å². The van der Waals surface area contributed by atoms with Gasteiger partial charge in [0.15, 0.2) is 0 Å². The first-order valence-electron chi connectivity index (χ1n) is 3.54. The van der Waals surface area contributed by atoms with Crippen LogP contribution in [0.15, 0.2) is 18.2 Å². The first kappa shape index (κ1) is 9.23. The summed E-state index contributed by atoms with van der Waals surface area (Å²) in [5.74, 6) is 3.81. The van der Waals surface area contributed by atoms with Crippen LogP contribution in [0.25, 0.3) is 0 Å². The smallest absolute Gasteiger partial charge is 0.354 e. The quantitative estimate of drug-likeness (QED) is 0.598. The zero-order chi connectivity index (χ0) is 9.68. The minimum Gasteiger partial charge on any atom is -0.477 e. The molecule has 0 aliphatic heterocycles. The number of aliphatic hydroxyl groups is 1. The van der Waals surface area contributed by atoms with Gasteiger partial charge in [-0.3, -0.25) is 0 Å². The topological polar surface area (TPSA) is 70.4 Å². The zero-order valence-electron chi connectivity index (χ0n) is 6.69. The number of aromatic nitrogens is 1. The molecule has 0 unspecified atom stereocenters. The summed E-state index contributed by atoms with van der Waals surface area (Å²) in [6.07, 6.45) is 0. The minimum absolute atomic E-state index is 0.0512. The minimum atomic E-state index is -1.09. The van der Waals surface area contributed by atoms with E-state index in [1.54, 1.807) is 12.1 Å². The van der Waals surface area contributed by atoms with Crippen LogP contribution in [0, 0.1) is 11.8 Å². The van der Waals surface area contributed by atoms with E-state index < -0.39 is 5.97 Å². The van der Waals surface area contributed by atoms with Gasteiger partial charge >= 0.3 is 5.97 Å². The van der Waals surface area contributed by atoms with Crippen molar-refractivity contribution in [3.8, 4) is 11.8 Å². The third-order valence-corrected chi connectivity index (χ3v) is 1.26. The predicted molar refractivity (Wildman–Crippen MR) is 45.2 cm³/mol. The number of rotatable bonds is 1. The van der Waals surface area contributed by atoms with Crippen LogP contribution in [0.5, 0.6) is 0 Å². The van der Waals surface area contributed by atoms with Crippen molar-refractivity contribution in [2.45, 2.75) is 0 Å². The first-order chi connectivity index (χ1) is 6.24. The van der Waals surface area contributed by atoms with Crippen molar-refractivity contribution in [3.63, 3.8) is 0 Å². The summed E-state index contributed by atoms with van der Waals surface area (Å²) in [4.78, 5) is 14.2. The number of hydrogen-bond acceptors (Lipinski definition) is 3. The number of pyridine rings is 1. The number of nitrogens with zero attached hydrogens (tertiary/aromatic N) is 1. The Bertz CT molecular complexity index is 376. The van der Waals surface area contributed by atoms with Crippen molar-refractivity contribution in [2.75, 3.05) is 6.61 Å². The van der Waals surface area contributed by atoms with E-state index in [0.717, 1.165) is 0 Å². The van der Waals surface area contributed by atoms with Gasteiger partial charge in [-0.15, -0.1) is 0 Å². The molecule has 66 valence electrons. The lowest BCUT2D eigenvalue weighted by molar-refractivity contribution is 0.0690. The van der Waals surface area contributed by atoms with Gasteiger partial charge in [-0.2, -0.15) is 0 Å². The van der Waals surface area contributed by atoms with Crippen molar-refractivity contribution in [1.82, 2.24) is 4.98 Å². The molecule has 2 N–H and O–H groups in total. The molecule has 0 bridgehead atoms. The van der Waals surface area contributed by atoms with Crippen LogP contribution >= 0.6 is 0 Å². The van der Waals surface area contributed by atoms with Crippen molar-refractivity contribution in [3.05, 3.63) is 29.6 Å². The third kappa shape index (κ3) is 2.58. The summed E-state index contributed by atoms with van der Waals surface area (Å²) >= 11 is 0. The molecule has 0 atom stereocenters. The number of aliphatic hydroxyl groups excluding tert-OH is 1. The Morgan fingerprint density at radius 3 is 2.92 bits per heavy atom. The van der Waals surface area contributed by atoms with E-state index in [2.05, 4.69) is 16.8 Å². The van der Waals surface area contributed by atoms with Gasteiger partial charge in [0, 0.05) is 0 Å². The molecule has 1 aromatic heterocycles. The standard InChI is InChI=1S/C9H7NO3/c11-6-2-4-7-3-1-5-8(10-7)9(12)13/h1,3,5,11H,6H2,(H,12,13). The van der Waals surface area contributed by atoms with Gasteiger partial charge in [-0.25, -0.2) is 9.78 Å². The molecule has 0 saturated carbocycles. The molecule has 0 spiro atoms. The molecular weight excluding hydrogens is 170 g/mol. The average Bonchev–Trinajstić information content (AvgIpc) is 2.15. The fraction of sp³-hybridized carbons (Fsp3) is 0.111. The molecule has 0 fully saturated rings. The lowest BCUT2D eigenvalue weighted by Gasteiger charge is -1.92. The largest absolute Gasteiger partial charge is 0.477 e. The fourth-order valence-electron chi connectivity index (χ4n) is 0.754. The average molecular weight is 177 g/mol. The second kappa shape index (κ2) is 4.24. The van der Waals surface area contributed by atoms with E-state index >= 15 is 0 Å². The molecule has 13 heavy (non-hydrogen) atoms. The Balaban J connectivity index is 2.98. The number of aromatic carboxylic acids is 1. The lowest BCUT2D eigenvalue weighted by atomic mass is 10.3. The summed E-state index contributed by atoms with van der Waals surface area (Å²) in [7, 11) is 0. The molecule has 0 saturated heterocycles. The lowest BCUT2D eigenvalue weighted by Crippen LogP contribution is -2.00. The van der Waals surface area contributed by atoms with Crippen LogP contribution in [0.3, 0.4) is 0 Å². The maximum Gasteiger partial charge on any atom is 0.354 e. The molecule has 1 aromatic rings. The molecule has 1 heterocycles. The van der Waals surface area contributed by atoms with Crippen LogP contribution < -0.4 is 0 Å². The summed E-state index contributed by atoms with van der Waals surface area (Å²) in [5, 5.41) is 17.0. The van der Waals surface area contributed by atoms with Gasteiger partial charge in [-0.1, -0.05) is 12.0 Å². The molecule has 0 aliphatic carbocycles. The Kier molecular flexibility index (Phi) is 3.01. The van der Waals surface area contributed by atoms with E-state index in [1.807, 2.05) is 0 Å². The maximum absolute atomic E-state index is 10.5. The van der Waals surface area contributed by atoms with E-state index in [4.69, 9.17) is 10.2 Å². The van der Waals surface area contributed by atoms with Gasteiger partial charge in [0.1, 0.15) is 18.0 Å². The second-order valence-electron chi connectivity index (χ2n) is 2.17. The predicted octanol–water partition coefficient (Wildman–Crippen LogP) is 0.124. The Hall–Kier alpha value is -1.86. The van der Waals surface area contributed by atoms with Crippen molar-refractivity contribution in [1.29, 1.82) is 0 Å². The molecule has 4 nitrogen and oxygen atoms in total. The number of carbonyl (C=O) groups is 1. The maximum atomic E-state index is 10.5. The Morgan fingerprint density at radius 2 is 2.31 bits per heavy atom. The zero-order valence-corrected chi connectivity index (χ0v) is 6.69. The van der Waals surface area contributed by atoms with Crippen molar-refractivity contribution < 1.29 is 15.0 Å². The first-order valence-corrected chi connectivity index (χ1v) is 3.54. The van der Waals surface area contributed by atoms with Gasteiger partial charge < -0.3 is 10.2 Å². The normalized spacial score (nSPS) is 8.69. The van der Waals surface area contributed by atoms with Crippen LogP contribution in [-0.4, -0.2) is 27.8 Å². The second-order valence-corrected chi connectivity index (χ2v) is 2.17. The summed E-state index contributed by atoms with van der Waals surface area (Å²) in [5.41, 5.74) is 0.290. The molecule has 0 amide bonds. The van der Waals surface area contributed by atoms with E-state index in [-0.39, 0.29) is 12.3 Å². The molecule has 1 rings (SSSR count). The highest BCUT2D eigenvalue weighted by atomic mass is 16.4. The summed E-state index contributed by atoms with van der Waals surface area (Å²) in [6, 6.07) is 4.51. The number of carboxylic acids is 1. The van der Waals surface area contributed by atoms with Gasteiger partial charge in [0.2, 0.25) is 0 Å². The highest BCUT2D eigenvalue weighted by Crippen LogP contribution is 1.97. The molecule has 0 aliphatic rings. The van der Waals surface area contributed by atoms with Crippen LogP contribution in [0.1, 0.15) is 16.2 Å². The highest BCUT2D eigenvalue weighted by Gasteiger charge is 2.02. The van der Waals surface area contributed by atoms with Crippen LogP contribution in [0.2, 0.25) is 0 Å². The highest BCUT2D eigenvalue weighted by molar-refractivity contribution is 5.85. The van der Waals surface area contributed by atoms with Gasteiger partial charge in [0.25, 0.3) is 0 Å². The SMILES string of the molecule is O=C(O)c1cccc(C#CCO)n1. The van der Waals surface area contributed by atoms with E-state index in [9.17, 15) is 4.79 Å². The van der Waals surface area contributed by atoms with Crippen molar-refractivity contribution >= 4 is 5.97 Å². The summed E-state index contributed by atoms with van der Waals surface area (Å²) < 4.78 is 0. The van der Waals surface area contributed by atoms with Crippen LogP contribution in [0.4, 0.5) is 0 Å². The number of carboxylic acid groups (broad SMARTS) is 1. The monoisotopic (exact) mass is 177 g/mol. The van der Waals surface area contributed by atoms with E-state index in [1.165, 1.54) is 6.07 Å². The van der Waals surface area contributed by atoms with Crippen molar-refractivity contribution in [2.24, 2.45) is 0 Å². The summed E-state index contributed by atoms with van der Waals surface area (Å²) in [6.45, 7) is -0.265.